The Morgan fingerprint density at radius 1 is 1.10 bits per heavy atom. The number of hydrogen-bond acceptors (Lipinski definition) is 5. The van der Waals surface area contributed by atoms with Gasteiger partial charge >= 0.3 is 5.97 Å². The van der Waals surface area contributed by atoms with Gasteiger partial charge in [-0.25, -0.2) is 4.79 Å². The fourth-order valence-corrected chi connectivity index (χ4v) is 5.17. The molecule has 5 heteroatoms. The minimum Gasteiger partial charge on any atom is -0.465 e. The predicted octanol–water partition coefficient (Wildman–Crippen LogP) is 5.46. The van der Waals surface area contributed by atoms with E-state index < -0.39 is 5.92 Å². The van der Waals surface area contributed by atoms with E-state index in [4.69, 9.17) is 9.15 Å². The van der Waals surface area contributed by atoms with E-state index in [2.05, 4.69) is 19.2 Å². The molecule has 1 aromatic heterocycles. The molecule has 0 aromatic carbocycles. The average Bonchev–Trinajstić information content (AvgIpc) is 2.91. The van der Waals surface area contributed by atoms with Crippen LogP contribution < -0.4 is 5.32 Å². The fraction of sp³-hybridized carbons (Fsp3) is 0.600. The molecule has 30 heavy (non-hydrogen) atoms. The summed E-state index contributed by atoms with van der Waals surface area (Å²) in [4.78, 5) is 26.6. The number of ether oxygens (including phenoxy) is 1. The number of Topliss-reactive ketones (excluding diaryl/α,β-unsaturated/α-hetero) is 1. The molecule has 0 spiro atoms. The van der Waals surface area contributed by atoms with Crippen LogP contribution in [0.2, 0.25) is 0 Å². The Bertz CT molecular complexity index is 909. The van der Waals surface area contributed by atoms with Crippen molar-refractivity contribution in [2.75, 3.05) is 0 Å². The third-order valence-electron chi connectivity index (χ3n) is 6.58. The number of aryl methyl sites for hydroxylation is 1. The molecule has 0 bridgehead atoms. The lowest BCUT2D eigenvalue weighted by atomic mass is 9.69. The molecule has 0 saturated heterocycles. The first-order chi connectivity index (χ1) is 14.2. The second kappa shape index (κ2) is 8.09. The summed E-state index contributed by atoms with van der Waals surface area (Å²) in [7, 11) is 0. The van der Waals surface area contributed by atoms with Gasteiger partial charge in [0.25, 0.3) is 0 Å². The molecule has 1 saturated carbocycles. The summed E-state index contributed by atoms with van der Waals surface area (Å²) in [6, 6.07) is 3.77. The summed E-state index contributed by atoms with van der Waals surface area (Å²) in [5, 5.41) is 3.39. The van der Waals surface area contributed by atoms with Crippen molar-refractivity contribution in [1.82, 2.24) is 5.32 Å². The van der Waals surface area contributed by atoms with Crippen molar-refractivity contribution >= 4 is 11.8 Å². The van der Waals surface area contributed by atoms with Crippen LogP contribution in [0.1, 0.15) is 89.6 Å². The second-order valence-electron chi connectivity index (χ2n) is 9.90. The van der Waals surface area contributed by atoms with E-state index in [9.17, 15) is 9.59 Å². The molecule has 162 valence electrons. The van der Waals surface area contributed by atoms with Crippen LogP contribution in [-0.4, -0.2) is 17.9 Å². The number of dihydropyridines is 1. The molecular formula is C25H33NO4. The normalized spacial score (nSPS) is 24.9. The zero-order valence-corrected chi connectivity index (χ0v) is 18.6. The number of carbonyl (C=O) groups excluding carboxylic acids is 2. The van der Waals surface area contributed by atoms with E-state index in [1.807, 2.05) is 26.0 Å². The minimum absolute atomic E-state index is 0.0457. The average molecular weight is 412 g/mol. The van der Waals surface area contributed by atoms with Gasteiger partial charge in [0.05, 0.1) is 11.5 Å². The number of hydrogen-bond donors (Lipinski definition) is 1. The van der Waals surface area contributed by atoms with Crippen LogP contribution in [0.5, 0.6) is 0 Å². The van der Waals surface area contributed by atoms with Gasteiger partial charge in [0.2, 0.25) is 0 Å². The number of esters is 1. The van der Waals surface area contributed by atoms with Crippen molar-refractivity contribution < 1.29 is 18.7 Å². The van der Waals surface area contributed by atoms with Gasteiger partial charge in [-0.2, -0.15) is 0 Å². The van der Waals surface area contributed by atoms with Crippen molar-refractivity contribution in [2.24, 2.45) is 5.41 Å². The largest absolute Gasteiger partial charge is 0.465 e. The Hall–Kier alpha value is -2.30. The molecule has 1 N–H and O–H groups in total. The van der Waals surface area contributed by atoms with Crippen LogP contribution in [-0.2, 0) is 14.3 Å². The van der Waals surface area contributed by atoms with Crippen molar-refractivity contribution in [3.05, 3.63) is 46.2 Å². The van der Waals surface area contributed by atoms with Crippen LogP contribution >= 0.6 is 0 Å². The first-order valence-electron chi connectivity index (χ1n) is 11.3. The van der Waals surface area contributed by atoms with Gasteiger partial charge in [-0.3, -0.25) is 4.79 Å². The van der Waals surface area contributed by atoms with E-state index in [0.717, 1.165) is 49.3 Å². The standard InChI is InChI=1S/C25H33NO4/c1-15-11-12-20(29-15)23-21(24(28)30-17-9-7-5-6-8-10-17)16(2)26-18-13-25(3,4)14-19(27)22(18)23/h11-12,17,23,26H,5-10,13-14H2,1-4H3/t23-/m1/s1. The Labute approximate surface area is 178 Å². The highest BCUT2D eigenvalue weighted by molar-refractivity contribution is 6.04. The Balaban J connectivity index is 1.71. The Morgan fingerprint density at radius 2 is 1.80 bits per heavy atom. The zero-order valence-electron chi connectivity index (χ0n) is 18.6. The third kappa shape index (κ3) is 4.12. The van der Waals surface area contributed by atoms with Crippen LogP contribution in [0, 0.1) is 12.3 Å². The fourth-order valence-electron chi connectivity index (χ4n) is 5.17. The monoisotopic (exact) mass is 411 g/mol. The quantitative estimate of drug-likeness (QED) is 0.528. The summed E-state index contributed by atoms with van der Waals surface area (Å²) in [6.45, 7) is 8.00. The maximum Gasteiger partial charge on any atom is 0.337 e. The van der Waals surface area contributed by atoms with E-state index in [1.165, 1.54) is 12.8 Å². The van der Waals surface area contributed by atoms with E-state index in [1.54, 1.807) is 0 Å². The van der Waals surface area contributed by atoms with Gasteiger partial charge < -0.3 is 14.5 Å². The van der Waals surface area contributed by atoms with E-state index in [-0.39, 0.29) is 23.3 Å². The lowest BCUT2D eigenvalue weighted by Gasteiger charge is -2.38. The summed E-state index contributed by atoms with van der Waals surface area (Å²) < 4.78 is 11.9. The van der Waals surface area contributed by atoms with Crippen LogP contribution in [0.3, 0.4) is 0 Å². The lowest BCUT2D eigenvalue weighted by molar-refractivity contribution is -0.145. The number of ketones is 1. The first-order valence-corrected chi connectivity index (χ1v) is 11.3. The van der Waals surface area contributed by atoms with Crippen molar-refractivity contribution in [2.45, 2.75) is 91.1 Å². The number of carbonyl (C=O) groups is 2. The summed E-state index contributed by atoms with van der Waals surface area (Å²) in [5.41, 5.74) is 2.75. The van der Waals surface area contributed by atoms with E-state index >= 15 is 0 Å². The molecule has 0 amide bonds. The van der Waals surface area contributed by atoms with Crippen LogP contribution in [0.4, 0.5) is 0 Å². The Kier molecular flexibility index (Phi) is 5.65. The molecule has 1 fully saturated rings. The third-order valence-corrected chi connectivity index (χ3v) is 6.58. The molecule has 1 aliphatic heterocycles. The highest BCUT2D eigenvalue weighted by Gasteiger charge is 2.44. The number of rotatable bonds is 3. The van der Waals surface area contributed by atoms with Crippen molar-refractivity contribution in [3.8, 4) is 0 Å². The maximum absolute atomic E-state index is 13.4. The zero-order chi connectivity index (χ0) is 21.5. The van der Waals surface area contributed by atoms with Gasteiger partial charge in [-0.05, 0) is 63.5 Å². The van der Waals surface area contributed by atoms with E-state index in [0.29, 0.717) is 23.3 Å². The topological polar surface area (TPSA) is 68.5 Å². The molecule has 3 aliphatic rings. The number of allylic oxidation sites excluding steroid dienone is 3. The molecule has 4 rings (SSSR count). The molecule has 5 nitrogen and oxygen atoms in total. The molecule has 2 aliphatic carbocycles. The number of furan rings is 1. The lowest BCUT2D eigenvalue weighted by Crippen LogP contribution is -2.39. The SMILES string of the molecule is CC1=C(C(=O)OC2CCCCCC2)[C@@H](c2ccc(C)o2)C2=C(CC(C)(C)CC2=O)N1. The van der Waals surface area contributed by atoms with Crippen molar-refractivity contribution in [1.29, 1.82) is 0 Å². The molecule has 1 atom stereocenters. The highest BCUT2D eigenvalue weighted by atomic mass is 16.5. The van der Waals surface area contributed by atoms with Crippen molar-refractivity contribution in [3.63, 3.8) is 0 Å². The Morgan fingerprint density at radius 3 is 2.43 bits per heavy atom. The highest BCUT2D eigenvalue weighted by Crippen LogP contribution is 2.47. The minimum atomic E-state index is -0.503. The van der Waals surface area contributed by atoms with Gasteiger partial charge in [0.1, 0.15) is 17.6 Å². The molecule has 1 aromatic rings. The van der Waals surface area contributed by atoms with Crippen LogP contribution in [0.15, 0.2) is 39.1 Å². The van der Waals surface area contributed by atoms with Crippen LogP contribution in [0.25, 0.3) is 0 Å². The maximum atomic E-state index is 13.4. The molecule has 0 unspecified atom stereocenters. The summed E-state index contributed by atoms with van der Waals surface area (Å²) in [5.74, 6) is 0.664. The summed E-state index contributed by atoms with van der Waals surface area (Å²) >= 11 is 0. The van der Waals surface area contributed by atoms with Gasteiger partial charge in [0, 0.05) is 23.4 Å². The smallest absolute Gasteiger partial charge is 0.337 e. The molecule has 0 radical (unpaired) electrons. The van der Waals surface area contributed by atoms with Gasteiger partial charge in [-0.15, -0.1) is 0 Å². The second-order valence-corrected chi connectivity index (χ2v) is 9.90. The molecule has 2 heterocycles. The van der Waals surface area contributed by atoms with Gasteiger partial charge in [-0.1, -0.05) is 26.7 Å². The number of nitrogens with one attached hydrogen (secondary N) is 1. The predicted molar refractivity (Wildman–Crippen MR) is 115 cm³/mol. The summed E-state index contributed by atoms with van der Waals surface area (Å²) in [6.07, 6.45) is 7.61. The molecular weight excluding hydrogens is 378 g/mol. The first kappa shape index (κ1) is 21.0. The van der Waals surface area contributed by atoms with Gasteiger partial charge in [0.15, 0.2) is 5.78 Å².